The standard InChI is InChI=1S/C14H12N4O3/c1-10(12-7-4-5-9-15-12)16-17-14(19)11-6-2-3-8-13(11)18(20)21/h2-9H,1H3,(H,17,19)/b16-10+. The van der Waals surface area contributed by atoms with Crippen molar-refractivity contribution in [1.82, 2.24) is 10.4 Å². The van der Waals surface area contributed by atoms with Crippen molar-refractivity contribution in [2.24, 2.45) is 5.10 Å². The Balaban J connectivity index is 2.18. The molecule has 0 unspecified atom stereocenters. The largest absolute Gasteiger partial charge is 0.282 e. The Hall–Kier alpha value is -3.09. The van der Waals surface area contributed by atoms with E-state index in [0.717, 1.165) is 0 Å². The van der Waals surface area contributed by atoms with Crippen LogP contribution >= 0.6 is 0 Å². The molecule has 0 saturated heterocycles. The molecular formula is C14H12N4O3. The smallest absolute Gasteiger partial charge is 0.267 e. The number of para-hydroxylation sites is 1. The Morgan fingerprint density at radius 2 is 1.95 bits per heavy atom. The lowest BCUT2D eigenvalue weighted by Gasteiger charge is -2.03. The molecule has 7 heteroatoms. The van der Waals surface area contributed by atoms with Crippen molar-refractivity contribution in [2.45, 2.75) is 6.92 Å². The fourth-order valence-electron chi connectivity index (χ4n) is 1.65. The number of hydrogen-bond acceptors (Lipinski definition) is 5. The van der Waals surface area contributed by atoms with E-state index < -0.39 is 10.8 Å². The molecule has 0 aliphatic rings. The summed E-state index contributed by atoms with van der Waals surface area (Å²) >= 11 is 0. The molecule has 0 bridgehead atoms. The van der Waals surface area contributed by atoms with Gasteiger partial charge in [0.05, 0.1) is 16.3 Å². The lowest BCUT2D eigenvalue weighted by Crippen LogP contribution is -2.20. The minimum absolute atomic E-state index is 0.0416. The molecular weight excluding hydrogens is 272 g/mol. The number of rotatable bonds is 4. The Morgan fingerprint density at radius 1 is 1.24 bits per heavy atom. The first-order chi connectivity index (χ1) is 10.1. The molecule has 2 aromatic rings. The molecule has 1 aromatic heterocycles. The van der Waals surface area contributed by atoms with Crippen LogP contribution < -0.4 is 5.43 Å². The third-order valence-electron chi connectivity index (χ3n) is 2.71. The van der Waals surface area contributed by atoms with E-state index in [0.29, 0.717) is 11.4 Å². The van der Waals surface area contributed by atoms with Gasteiger partial charge in [-0.25, -0.2) is 5.43 Å². The van der Waals surface area contributed by atoms with Crippen LogP contribution in [0.3, 0.4) is 0 Å². The van der Waals surface area contributed by atoms with E-state index in [1.165, 1.54) is 18.2 Å². The van der Waals surface area contributed by atoms with Gasteiger partial charge >= 0.3 is 0 Å². The van der Waals surface area contributed by atoms with Crippen LogP contribution in [0.15, 0.2) is 53.8 Å². The number of benzene rings is 1. The highest BCUT2D eigenvalue weighted by atomic mass is 16.6. The summed E-state index contributed by atoms with van der Waals surface area (Å²) in [4.78, 5) is 26.3. The number of nitrogens with zero attached hydrogens (tertiary/aromatic N) is 3. The van der Waals surface area contributed by atoms with Crippen molar-refractivity contribution >= 4 is 17.3 Å². The molecule has 0 atom stereocenters. The maximum atomic E-state index is 12.0. The van der Waals surface area contributed by atoms with Gasteiger partial charge in [0, 0.05) is 12.3 Å². The summed E-state index contributed by atoms with van der Waals surface area (Å²) in [7, 11) is 0. The van der Waals surface area contributed by atoms with E-state index in [9.17, 15) is 14.9 Å². The number of hydrogen-bond donors (Lipinski definition) is 1. The summed E-state index contributed by atoms with van der Waals surface area (Å²) in [6, 6.07) is 11.0. The molecule has 0 fully saturated rings. The van der Waals surface area contributed by atoms with Crippen LogP contribution in [0, 0.1) is 10.1 Å². The zero-order chi connectivity index (χ0) is 15.2. The molecule has 1 N–H and O–H groups in total. The molecule has 0 aliphatic carbocycles. The molecule has 0 aliphatic heterocycles. The number of hydrazone groups is 1. The lowest BCUT2D eigenvalue weighted by atomic mass is 10.2. The summed E-state index contributed by atoms with van der Waals surface area (Å²) in [5, 5.41) is 14.8. The second kappa shape index (κ2) is 6.38. The van der Waals surface area contributed by atoms with E-state index >= 15 is 0 Å². The van der Waals surface area contributed by atoms with Gasteiger partial charge in [0.25, 0.3) is 11.6 Å². The predicted octanol–water partition coefficient (Wildman–Crippen LogP) is 2.14. The van der Waals surface area contributed by atoms with Gasteiger partial charge in [0.15, 0.2) is 0 Å². The molecule has 2 rings (SSSR count). The topological polar surface area (TPSA) is 97.5 Å². The second-order valence-electron chi connectivity index (χ2n) is 4.13. The average molecular weight is 284 g/mol. The zero-order valence-corrected chi connectivity index (χ0v) is 11.2. The number of nitrogens with one attached hydrogen (secondary N) is 1. The van der Waals surface area contributed by atoms with Crippen molar-refractivity contribution < 1.29 is 9.72 Å². The lowest BCUT2D eigenvalue weighted by molar-refractivity contribution is -0.385. The van der Waals surface area contributed by atoms with Crippen molar-refractivity contribution in [3.63, 3.8) is 0 Å². The quantitative estimate of drug-likeness (QED) is 0.528. The van der Waals surface area contributed by atoms with Crippen LogP contribution in [0.4, 0.5) is 5.69 Å². The average Bonchev–Trinajstić information content (AvgIpc) is 2.53. The normalized spacial score (nSPS) is 11.0. The molecule has 21 heavy (non-hydrogen) atoms. The van der Waals surface area contributed by atoms with Crippen LogP contribution in [0.1, 0.15) is 23.0 Å². The van der Waals surface area contributed by atoms with Crippen LogP contribution in [0.2, 0.25) is 0 Å². The van der Waals surface area contributed by atoms with Gasteiger partial charge in [-0.1, -0.05) is 18.2 Å². The maximum Gasteiger partial charge on any atom is 0.282 e. The van der Waals surface area contributed by atoms with Crippen LogP contribution in [0.5, 0.6) is 0 Å². The molecule has 0 radical (unpaired) electrons. The number of carbonyl (C=O) groups excluding carboxylic acids is 1. The first-order valence-electron chi connectivity index (χ1n) is 6.09. The summed E-state index contributed by atoms with van der Waals surface area (Å²) < 4.78 is 0. The van der Waals surface area contributed by atoms with Crippen molar-refractivity contribution in [2.75, 3.05) is 0 Å². The number of pyridine rings is 1. The molecule has 106 valence electrons. The fourth-order valence-corrected chi connectivity index (χ4v) is 1.65. The van der Waals surface area contributed by atoms with Gasteiger partial charge in [0.2, 0.25) is 0 Å². The van der Waals surface area contributed by atoms with Gasteiger partial charge in [-0.2, -0.15) is 5.10 Å². The van der Waals surface area contributed by atoms with E-state index in [1.54, 1.807) is 37.4 Å². The summed E-state index contributed by atoms with van der Waals surface area (Å²) in [5.41, 5.74) is 3.11. The van der Waals surface area contributed by atoms with Crippen molar-refractivity contribution in [3.05, 3.63) is 70.0 Å². The van der Waals surface area contributed by atoms with Crippen molar-refractivity contribution in [1.29, 1.82) is 0 Å². The first kappa shape index (κ1) is 14.3. The first-order valence-corrected chi connectivity index (χ1v) is 6.09. The molecule has 0 spiro atoms. The van der Waals surface area contributed by atoms with E-state index in [2.05, 4.69) is 15.5 Å². The highest BCUT2D eigenvalue weighted by Crippen LogP contribution is 2.17. The van der Waals surface area contributed by atoms with Gasteiger partial charge < -0.3 is 0 Å². The third kappa shape index (κ3) is 3.47. The second-order valence-corrected chi connectivity index (χ2v) is 4.13. The number of nitro groups is 1. The number of carbonyl (C=O) groups is 1. The van der Waals surface area contributed by atoms with Gasteiger partial charge in [-0.3, -0.25) is 19.9 Å². The van der Waals surface area contributed by atoms with Crippen LogP contribution in [-0.2, 0) is 0 Å². The number of nitro benzene ring substituents is 1. The minimum atomic E-state index is -0.641. The maximum absolute atomic E-state index is 12.0. The number of amides is 1. The van der Waals surface area contributed by atoms with Gasteiger partial charge in [0.1, 0.15) is 5.56 Å². The highest BCUT2D eigenvalue weighted by Gasteiger charge is 2.18. The van der Waals surface area contributed by atoms with Gasteiger partial charge in [-0.05, 0) is 25.1 Å². The monoisotopic (exact) mass is 284 g/mol. The van der Waals surface area contributed by atoms with Crippen molar-refractivity contribution in [3.8, 4) is 0 Å². The molecule has 7 nitrogen and oxygen atoms in total. The molecule has 1 heterocycles. The Labute approximate surface area is 120 Å². The Morgan fingerprint density at radius 3 is 2.62 bits per heavy atom. The SMILES string of the molecule is C/C(=N\NC(=O)c1ccccc1[N+](=O)[O-])c1ccccn1. The minimum Gasteiger partial charge on any atom is -0.267 e. The third-order valence-corrected chi connectivity index (χ3v) is 2.71. The van der Waals surface area contributed by atoms with E-state index in [4.69, 9.17) is 0 Å². The summed E-state index contributed by atoms with van der Waals surface area (Å²) in [5.74, 6) is -0.641. The van der Waals surface area contributed by atoms with Gasteiger partial charge in [-0.15, -0.1) is 0 Å². The summed E-state index contributed by atoms with van der Waals surface area (Å²) in [6.45, 7) is 1.68. The summed E-state index contributed by atoms with van der Waals surface area (Å²) in [6.07, 6.45) is 1.61. The fraction of sp³-hybridized carbons (Fsp3) is 0.0714. The number of aromatic nitrogens is 1. The van der Waals surface area contributed by atoms with Crippen LogP contribution in [0.25, 0.3) is 0 Å². The molecule has 0 saturated carbocycles. The van der Waals surface area contributed by atoms with E-state index in [1.807, 2.05) is 0 Å². The Bertz CT molecular complexity index is 698. The molecule has 1 amide bonds. The Kier molecular flexibility index (Phi) is 4.35. The molecule has 1 aromatic carbocycles. The van der Waals surface area contributed by atoms with Crippen LogP contribution in [-0.4, -0.2) is 21.5 Å². The van der Waals surface area contributed by atoms with E-state index in [-0.39, 0.29) is 11.3 Å². The predicted molar refractivity (Wildman–Crippen MR) is 77.0 cm³/mol. The zero-order valence-electron chi connectivity index (χ0n) is 11.2. The highest BCUT2D eigenvalue weighted by molar-refractivity contribution is 6.01.